The van der Waals surface area contributed by atoms with Gasteiger partial charge in [-0.05, 0) is 54.3 Å². The summed E-state index contributed by atoms with van der Waals surface area (Å²) >= 11 is 8.20. The van der Waals surface area contributed by atoms with Gasteiger partial charge < -0.3 is 55.1 Å². The molecule has 2 fully saturated rings. The number of pyridine rings is 1. The number of nitrogens with zero attached hydrogens (tertiary/aromatic N) is 1. The van der Waals surface area contributed by atoms with Crippen LogP contribution in [0.15, 0.2) is 65.8 Å². The van der Waals surface area contributed by atoms with E-state index in [1.165, 1.54) is 0 Å². The van der Waals surface area contributed by atoms with Crippen LogP contribution in [-0.2, 0) is 26.4 Å². The lowest BCUT2D eigenvalue weighted by Gasteiger charge is -2.28. The third-order valence-corrected chi connectivity index (χ3v) is 9.77. The number of aromatic nitrogens is 1. The van der Waals surface area contributed by atoms with E-state index >= 15 is 0 Å². The molecule has 1 saturated heterocycles. The number of aliphatic hydroxyl groups is 5. The summed E-state index contributed by atoms with van der Waals surface area (Å²) in [6.45, 7) is 1.25. The Balaban J connectivity index is 1.04. The topological polar surface area (TPSA) is 192 Å². The van der Waals surface area contributed by atoms with Gasteiger partial charge in [0.15, 0.2) is 0 Å². The van der Waals surface area contributed by atoms with E-state index in [0.717, 1.165) is 45.7 Å². The molecule has 2 amide bonds. The molecule has 2 aromatic carbocycles. The van der Waals surface area contributed by atoms with Crippen LogP contribution in [-0.4, -0.2) is 119 Å². The second kappa shape index (κ2) is 18.5. The van der Waals surface area contributed by atoms with Crippen molar-refractivity contribution in [2.45, 2.75) is 60.5 Å². The Bertz CT molecular complexity index is 1550. The lowest BCUT2D eigenvalue weighted by molar-refractivity contribution is -0.113. The van der Waals surface area contributed by atoms with Gasteiger partial charge in [0.25, 0.3) is 0 Å². The SMILES string of the molecule is O=C(NCCOCCSc1ccc(Cl)c(COC2(c3cnccc3-c3ccccc3OC3COC3)CC2)c1)NC[C@H](O)[C@@H](O)[C@H](O)[C@H](O)CO. The number of halogens is 1. The first-order chi connectivity index (χ1) is 24.2. The lowest BCUT2D eigenvalue weighted by Crippen LogP contribution is -2.50. The van der Waals surface area contributed by atoms with Gasteiger partial charge in [-0.15, -0.1) is 11.8 Å². The fraction of sp³-hybridized carbons (Fsp3) is 0.486. The molecule has 7 N–H and O–H groups in total. The maximum Gasteiger partial charge on any atom is 0.314 e. The maximum absolute atomic E-state index is 11.9. The van der Waals surface area contributed by atoms with Crippen molar-refractivity contribution in [3.63, 3.8) is 0 Å². The highest BCUT2D eigenvalue weighted by molar-refractivity contribution is 7.99. The van der Waals surface area contributed by atoms with Crippen molar-refractivity contribution in [2.24, 2.45) is 0 Å². The van der Waals surface area contributed by atoms with Gasteiger partial charge in [0.2, 0.25) is 0 Å². The number of amides is 2. The van der Waals surface area contributed by atoms with E-state index < -0.39 is 42.7 Å². The minimum absolute atomic E-state index is 0.0516. The van der Waals surface area contributed by atoms with Gasteiger partial charge >= 0.3 is 6.03 Å². The van der Waals surface area contributed by atoms with Crippen LogP contribution in [0.3, 0.4) is 0 Å². The molecule has 1 aliphatic carbocycles. The highest BCUT2D eigenvalue weighted by atomic mass is 35.5. The summed E-state index contributed by atoms with van der Waals surface area (Å²) in [4.78, 5) is 17.4. The first-order valence-corrected chi connectivity index (χ1v) is 17.8. The molecule has 5 rings (SSSR count). The summed E-state index contributed by atoms with van der Waals surface area (Å²) < 4.78 is 23.7. The summed E-state index contributed by atoms with van der Waals surface area (Å²) in [5.41, 5.74) is 3.48. The van der Waals surface area contributed by atoms with Crippen molar-refractivity contribution in [2.75, 3.05) is 51.9 Å². The number of hydrogen-bond donors (Lipinski definition) is 7. The molecule has 13 nitrogen and oxygen atoms in total. The van der Waals surface area contributed by atoms with Gasteiger partial charge in [-0.1, -0.05) is 29.8 Å². The summed E-state index contributed by atoms with van der Waals surface area (Å²) in [7, 11) is 0. The lowest BCUT2D eigenvalue weighted by atomic mass is 9.96. The number of para-hydroxylation sites is 1. The van der Waals surface area contributed by atoms with Gasteiger partial charge in [-0.25, -0.2) is 4.79 Å². The number of aliphatic hydroxyl groups excluding tert-OH is 5. The van der Waals surface area contributed by atoms with Crippen LogP contribution in [0.25, 0.3) is 11.1 Å². The molecule has 2 aliphatic rings. The molecule has 1 aromatic heterocycles. The zero-order valence-electron chi connectivity index (χ0n) is 27.4. The van der Waals surface area contributed by atoms with E-state index in [4.69, 9.17) is 35.7 Å². The van der Waals surface area contributed by atoms with Crippen molar-refractivity contribution >= 4 is 29.4 Å². The number of rotatable bonds is 20. The first kappa shape index (κ1) is 38.2. The highest BCUT2D eigenvalue weighted by Crippen LogP contribution is 2.53. The Morgan fingerprint density at radius 2 is 1.80 bits per heavy atom. The molecule has 3 aromatic rings. The van der Waals surface area contributed by atoms with E-state index in [1.807, 2.05) is 48.7 Å². The van der Waals surface area contributed by atoms with Gasteiger partial charge in [0.1, 0.15) is 30.2 Å². The molecule has 1 aliphatic heterocycles. The molecule has 4 atom stereocenters. The second-order valence-electron chi connectivity index (χ2n) is 12.1. The van der Waals surface area contributed by atoms with Crippen LogP contribution < -0.4 is 15.4 Å². The number of ether oxygens (including phenoxy) is 4. The molecule has 2 heterocycles. The third kappa shape index (κ3) is 10.3. The summed E-state index contributed by atoms with van der Waals surface area (Å²) in [6, 6.07) is 15.3. The standard InChI is InChI=1S/C35H44ClN3O10S/c36-28-6-5-24(50-14-13-46-12-11-38-34(45)39-17-29(41)32(43)33(44)30(42)18-40)15-22(28)19-48-35(8-9-35)27-16-37-10-7-25(27)26-3-1-2-4-31(26)49-23-20-47-21-23/h1-7,10,15-16,23,29-30,32-33,40-44H,8-9,11-14,17-21H2,(H2,38,39,45)/t29-,30+,32+,33+/m0/s1. The first-order valence-electron chi connectivity index (χ1n) is 16.5. The smallest absolute Gasteiger partial charge is 0.314 e. The minimum atomic E-state index is -1.76. The van der Waals surface area contributed by atoms with Gasteiger partial charge in [-0.2, -0.15) is 0 Å². The average Bonchev–Trinajstić information content (AvgIpc) is 3.91. The van der Waals surface area contributed by atoms with Crippen LogP contribution in [0.4, 0.5) is 4.79 Å². The molecule has 0 spiro atoms. The van der Waals surface area contributed by atoms with Crippen molar-refractivity contribution in [1.82, 2.24) is 15.6 Å². The predicted molar refractivity (Wildman–Crippen MR) is 186 cm³/mol. The van der Waals surface area contributed by atoms with Crippen molar-refractivity contribution < 1.29 is 49.3 Å². The fourth-order valence-corrected chi connectivity index (χ4v) is 6.32. The molecule has 50 heavy (non-hydrogen) atoms. The highest BCUT2D eigenvalue weighted by Gasteiger charge is 2.48. The second-order valence-corrected chi connectivity index (χ2v) is 13.7. The Hall–Kier alpha value is -3.02. The van der Waals surface area contributed by atoms with Crippen molar-refractivity contribution in [1.29, 1.82) is 0 Å². The number of urea groups is 1. The van der Waals surface area contributed by atoms with E-state index in [1.54, 1.807) is 18.0 Å². The summed E-state index contributed by atoms with van der Waals surface area (Å²) in [6.07, 6.45) is -1.20. The Kier molecular flexibility index (Phi) is 14.1. The molecule has 0 unspecified atom stereocenters. The van der Waals surface area contributed by atoms with Gasteiger partial charge in [0.05, 0.1) is 51.3 Å². The molecular formula is C35H44ClN3O10S. The van der Waals surface area contributed by atoms with Crippen LogP contribution in [0.5, 0.6) is 5.75 Å². The number of carbonyl (C=O) groups excluding carboxylic acids is 1. The van der Waals surface area contributed by atoms with E-state index in [9.17, 15) is 25.2 Å². The molecule has 1 saturated carbocycles. The van der Waals surface area contributed by atoms with Crippen molar-refractivity contribution in [3.05, 3.63) is 77.1 Å². The van der Waals surface area contributed by atoms with Crippen LogP contribution in [0, 0.1) is 0 Å². The summed E-state index contributed by atoms with van der Waals surface area (Å²) in [5, 5.41) is 53.1. The van der Waals surface area contributed by atoms with E-state index in [0.29, 0.717) is 37.2 Å². The Labute approximate surface area is 299 Å². The number of nitrogens with one attached hydrogen (secondary N) is 2. The monoisotopic (exact) mass is 733 g/mol. The third-order valence-electron chi connectivity index (χ3n) is 8.44. The van der Waals surface area contributed by atoms with E-state index in [-0.39, 0.29) is 25.8 Å². The largest absolute Gasteiger partial charge is 0.485 e. The molecule has 0 bridgehead atoms. The predicted octanol–water partition coefficient (Wildman–Crippen LogP) is 2.23. The zero-order chi connectivity index (χ0) is 35.5. The average molecular weight is 734 g/mol. The maximum atomic E-state index is 11.9. The number of thioether (sulfide) groups is 1. The minimum Gasteiger partial charge on any atom is -0.485 e. The van der Waals surface area contributed by atoms with Gasteiger partial charge in [0, 0.05) is 52.3 Å². The zero-order valence-corrected chi connectivity index (χ0v) is 29.0. The van der Waals surface area contributed by atoms with E-state index in [2.05, 4.69) is 21.7 Å². The number of hydrogen-bond acceptors (Lipinski definition) is 12. The van der Waals surface area contributed by atoms with Crippen LogP contribution in [0.2, 0.25) is 5.02 Å². The quantitative estimate of drug-likeness (QED) is 0.0663. The number of benzene rings is 2. The Morgan fingerprint density at radius 3 is 2.54 bits per heavy atom. The normalized spacial score (nSPS) is 17.6. The molecular weight excluding hydrogens is 690 g/mol. The Morgan fingerprint density at radius 1 is 1.02 bits per heavy atom. The number of carbonyl (C=O) groups is 1. The fourth-order valence-electron chi connectivity index (χ4n) is 5.32. The van der Waals surface area contributed by atoms with Crippen molar-refractivity contribution in [3.8, 4) is 16.9 Å². The van der Waals surface area contributed by atoms with Crippen LogP contribution in [0.1, 0.15) is 24.0 Å². The summed E-state index contributed by atoms with van der Waals surface area (Å²) in [5.74, 6) is 1.48. The molecule has 15 heteroatoms. The molecule has 272 valence electrons. The van der Waals surface area contributed by atoms with Gasteiger partial charge in [-0.3, -0.25) is 4.98 Å². The molecule has 0 radical (unpaired) electrons. The van der Waals surface area contributed by atoms with Crippen LogP contribution >= 0.6 is 23.4 Å².